The van der Waals surface area contributed by atoms with Crippen molar-refractivity contribution >= 4 is 5.69 Å². The van der Waals surface area contributed by atoms with Crippen molar-refractivity contribution < 1.29 is 14.2 Å². The molecular formula is C16H26FNO2. The van der Waals surface area contributed by atoms with Gasteiger partial charge < -0.3 is 14.7 Å². The minimum absolute atomic E-state index is 0.277. The zero-order chi connectivity index (χ0) is 15.3. The number of nitrogens with zero attached hydrogens (tertiary/aromatic N) is 1. The number of aryl methyl sites for hydroxylation is 1. The number of anilines is 1. The predicted octanol–water partition coefficient (Wildman–Crippen LogP) is 3.30. The number of aliphatic hydroxyl groups excluding tert-OH is 1. The monoisotopic (exact) mass is 283 g/mol. The van der Waals surface area contributed by atoms with Crippen LogP contribution in [0.25, 0.3) is 0 Å². The van der Waals surface area contributed by atoms with E-state index >= 15 is 0 Å². The average Bonchev–Trinajstić information content (AvgIpc) is 2.36. The van der Waals surface area contributed by atoms with Crippen molar-refractivity contribution in [3.63, 3.8) is 0 Å². The van der Waals surface area contributed by atoms with Gasteiger partial charge in [0.2, 0.25) is 0 Å². The van der Waals surface area contributed by atoms with Crippen molar-refractivity contribution in [2.45, 2.75) is 33.8 Å². The van der Waals surface area contributed by atoms with Gasteiger partial charge in [0.05, 0.1) is 12.7 Å². The molecule has 114 valence electrons. The maximum Gasteiger partial charge on any atom is 0.126 e. The summed E-state index contributed by atoms with van der Waals surface area (Å²) >= 11 is 0. The van der Waals surface area contributed by atoms with Gasteiger partial charge in [-0.15, -0.1) is 0 Å². The van der Waals surface area contributed by atoms with Gasteiger partial charge in [-0.2, -0.15) is 0 Å². The molecule has 0 heterocycles. The Hall–Kier alpha value is -1.13. The van der Waals surface area contributed by atoms with Crippen molar-refractivity contribution in [2.75, 3.05) is 31.7 Å². The Morgan fingerprint density at radius 1 is 1.30 bits per heavy atom. The Balaban J connectivity index is 3.18. The van der Waals surface area contributed by atoms with Crippen LogP contribution in [0.4, 0.5) is 10.1 Å². The van der Waals surface area contributed by atoms with Crippen LogP contribution < -0.4 is 4.90 Å². The molecule has 0 aromatic heterocycles. The quantitative estimate of drug-likeness (QED) is 0.833. The van der Waals surface area contributed by atoms with Crippen LogP contribution in [-0.4, -0.2) is 31.9 Å². The third kappa shape index (κ3) is 4.46. The van der Waals surface area contributed by atoms with E-state index in [0.717, 1.165) is 18.8 Å². The Labute approximate surface area is 121 Å². The number of rotatable bonds is 7. The molecule has 1 atom stereocenters. The summed E-state index contributed by atoms with van der Waals surface area (Å²) < 4.78 is 18.9. The van der Waals surface area contributed by atoms with E-state index in [1.807, 2.05) is 6.07 Å². The molecule has 1 rings (SSSR count). The predicted molar refractivity (Wildman–Crippen MR) is 80.7 cm³/mol. The van der Waals surface area contributed by atoms with Crippen molar-refractivity contribution in [2.24, 2.45) is 5.92 Å². The number of aliphatic hydroxyl groups is 1. The van der Waals surface area contributed by atoms with Crippen LogP contribution in [0.2, 0.25) is 0 Å². The lowest BCUT2D eigenvalue weighted by atomic mass is 10.0. The first kappa shape index (κ1) is 16.9. The maximum atomic E-state index is 13.7. The maximum absolute atomic E-state index is 13.7. The molecule has 0 amide bonds. The van der Waals surface area contributed by atoms with Crippen LogP contribution in [0.3, 0.4) is 0 Å². The Bertz CT molecular complexity index is 433. The van der Waals surface area contributed by atoms with E-state index in [4.69, 9.17) is 4.74 Å². The fourth-order valence-corrected chi connectivity index (χ4v) is 2.24. The lowest BCUT2D eigenvalue weighted by Gasteiger charge is -2.30. The van der Waals surface area contributed by atoms with Crippen LogP contribution in [0.5, 0.6) is 0 Å². The summed E-state index contributed by atoms with van der Waals surface area (Å²) in [6, 6.07) is 3.25. The summed E-state index contributed by atoms with van der Waals surface area (Å²) in [6.07, 6.45) is -0.697. The summed E-state index contributed by atoms with van der Waals surface area (Å²) in [5.41, 5.74) is 2.12. The largest absolute Gasteiger partial charge is 0.389 e. The summed E-state index contributed by atoms with van der Waals surface area (Å²) in [7, 11) is 1.67. The topological polar surface area (TPSA) is 32.7 Å². The van der Waals surface area contributed by atoms with Crippen LogP contribution in [0, 0.1) is 18.7 Å². The third-order valence-electron chi connectivity index (χ3n) is 3.25. The van der Waals surface area contributed by atoms with Crippen molar-refractivity contribution in [3.05, 3.63) is 29.1 Å². The molecule has 4 heteroatoms. The molecular weight excluding hydrogens is 257 g/mol. The highest BCUT2D eigenvalue weighted by Crippen LogP contribution is 2.29. The first-order valence-electron chi connectivity index (χ1n) is 7.08. The third-order valence-corrected chi connectivity index (χ3v) is 3.25. The van der Waals surface area contributed by atoms with E-state index in [9.17, 15) is 9.50 Å². The van der Waals surface area contributed by atoms with E-state index in [2.05, 4.69) is 18.7 Å². The fourth-order valence-electron chi connectivity index (χ4n) is 2.24. The van der Waals surface area contributed by atoms with Crippen LogP contribution in [-0.2, 0) is 4.74 Å². The lowest BCUT2D eigenvalue weighted by molar-refractivity contribution is 0.196. The van der Waals surface area contributed by atoms with Crippen LogP contribution >= 0.6 is 0 Å². The first-order chi connectivity index (χ1) is 9.36. The highest BCUT2D eigenvalue weighted by atomic mass is 19.1. The normalized spacial score (nSPS) is 12.8. The van der Waals surface area contributed by atoms with Gasteiger partial charge in [0.15, 0.2) is 0 Å². The van der Waals surface area contributed by atoms with E-state index in [-0.39, 0.29) is 5.82 Å². The second-order valence-electron chi connectivity index (χ2n) is 5.67. The van der Waals surface area contributed by atoms with Gasteiger partial charge in [-0.25, -0.2) is 4.39 Å². The molecule has 20 heavy (non-hydrogen) atoms. The molecule has 0 aliphatic rings. The highest BCUT2D eigenvalue weighted by molar-refractivity contribution is 5.57. The summed E-state index contributed by atoms with van der Waals surface area (Å²) in [4.78, 5) is 2.16. The van der Waals surface area contributed by atoms with Crippen molar-refractivity contribution in [1.29, 1.82) is 0 Å². The van der Waals surface area contributed by atoms with Gasteiger partial charge >= 0.3 is 0 Å². The van der Waals surface area contributed by atoms with Gasteiger partial charge in [0, 0.05) is 31.5 Å². The number of ether oxygens (including phenoxy) is 1. The molecule has 1 aromatic carbocycles. The number of hydrogen-bond donors (Lipinski definition) is 1. The molecule has 0 bridgehead atoms. The molecule has 0 unspecified atom stereocenters. The summed E-state index contributed by atoms with van der Waals surface area (Å²) in [5, 5.41) is 9.90. The molecule has 0 radical (unpaired) electrons. The minimum atomic E-state index is -0.697. The Morgan fingerprint density at radius 2 is 1.95 bits per heavy atom. The van der Waals surface area contributed by atoms with Gasteiger partial charge in [0.1, 0.15) is 5.82 Å². The van der Waals surface area contributed by atoms with Crippen LogP contribution in [0.15, 0.2) is 12.1 Å². The number of halogens is 1. The average molecular weight is 283 g/mol. The molecule has 0 spiro atoms. The lowest BCUT2D eigenvalue weighted by Crippen LogP contribution is -2.32. The second kappa shape index (κ2) is 7.60. The molecule has 0 saturated heterocycles. The number of methoxy groups -OCH3 is 1. The number of hydrogen-bond acceptors (Lipinski definition) is 3. The molecule has 1 aromatic rings. The molecule has 0 saturated carbocycles. The Morgan fingerprint density at radius 3 is 2.45 bits per heavy atom. The van der Waals surface area contributed by atoms with E-state index in [0.29, 0.717) is 23.7 Å². The Kier molecular flexibility index (Phi) is 6.43. The smallest absolute Gasteiger partial charge is 0.126 e. The van der Waals surface area contributed by atoms with Gasteiger partial charge in [-0.3, -0.25) is 0 Å². The molecule has 0 aliphatic heterocycles. The zero-order valence-electron chi connectivity index (χ0n) is 13.1. The molecule has 0 aliphatic carbocycles. The SMILES string of the molecule is COCCN(CC(C)C)c1cc(C)c(F)cc1[C@H](C)O. The van der Waals surface area contributed by atoms with Crippen molar-refractivity contribution in [1.82, 2.24) is 0 Å². The van der Waals surface area contributed by atoms with E-state index in [1.54, 1.807) is 21.0 Å². The summed E-state index contributed by atoms with van der Waals surface area (Å²) in [6.45, 7) is 9.85. The van der Waals surface area contributed by atoms with Gasteiger partial charge in [-0.05, 0) is 37.5 Å². The second-order valence-corrected chi connectivity index (χ2v) is 5.67. The summed E-state index contributed by atoms with van der Waals surface area (Å²) in [5.74, 6) is 0.194. The van der Waals surface area contributed by atoms with Crippen LogP contribution in [0.1, 0.15) is 38.0 Å². The fraction of sp³-hybridized carbons (Fsp3) is 0.625. The van der Waals surface area contributed by atoms with E-state index < -0.39 is 6.10 Å². The highest BCUT2D eigenvalue weighted by Gasteiger charge is 2.17. The van der Waals surface area contributed by atoms with Gasteiger partial charge in [0.25, 0.3) is 0 Å². The molecule has 3 nitrogen and oxygen atoms in total. The molecule has 0 fully saturated rings. The minimum Gasteiger partial charge on any atom is -0.389 e. The first-order valence-corrected chi connectivity index (χ1v) is 7.08. The van der Waals surface area contributed by atoms with Gasteiger partial charge in [-0.1, -0.05) is 13.8 Å². The number of benzene rings is 1. The zero-order valence-corrected chi connectivity index (χ0v) is 13.1. The molecule has 1 N–H and O–H groups in total. The standard InChI is InChI=1S/C16H26FNO2/c1-11(2)10-18(6-7-20-5)16-8-12(3)15(17)9-14(16)13(4)19/h8-9,11,13,19H,6-7,10H2,1-5H3/t13-/m0/s1. The van der Waals surface area contributed by atoms with E-state index in [1.165, 1.54) is 6.07 Å². The van der Waals surface area contributed by atoms with Crippen molar-refractivity contribution in [3.8, 4) is 0 Å².